The molecule has 1 aliphatic carbocycles. The van der Waals surface area contributed by atoms with E-state index in [1.54, 1.807) is 0 Å². The standard InChI is InChI=1S/C15H16O/c1-2-16-15-11-7-10-14(12-15)13-8-5-3-4-6-9-13/h3-8,10-12H,2,9H2,1H3. The van der Waals surface area contributed by atoms with E-state index >= 15 is 0 Å². The fourth-order valence-electron chi connectivity index (χ4n) is 1.74. The molecule has 0 atom stereocenters. The Morgan fingerprint density at radius 2 is 2.12 bits per heavy atom. The van der Waals surface area contributed by atoms with Crippen LogP contribution in [0.1, 0.15) is 18.9 Å². The van der Waals surface area contributed by atoms with Crippen LogP contribution in [0, 0.1) is 0 Å². The van der Waals surface area contributed by atoms with E-state index in [0.717, 1.165) is 12.2 Å². The zero-order valence-electron chi connectivity index (χ0n) is 9.52. The Kier molecular flexibility index (Phi) is 3.60. The van der Waals surface area contributed by atoms with Crippen LogP contribution in [-0.2, 0) is 0 Å². The van der Waals surface area contributed by atoms with Crippen molar-refractivity contribution in [3.8, 4) is 5.75 Å². The van der Waals surface area contributed by atoms with Gasteiger partial charge in [-0.2, -0.15) is 0 Å². The van der Waals surface area contributed by atoms with Crippen LogP contribution in [0.25, 0.3) is 5.57 Å². The van der Waals surface area contributed by atoms with Crippen molar-refractivity contribution in [3.05, 3.63) is 60.2 Å². The highest BCUT2D eigenvalue weighted by atomic mass is 16.5. The van der Waals surface area contributed by atoms with Crippen LogP contribution in [-0.4, -0.2) is 6.61 Å². The molecule has 0 N–H and O–H groups in total. The second kappa shape index (κ2) is 5.36. The highest BCUT2D eigenvalue weighted by Gasteiger charge is 2.02. The smallest absolute Gasteiger partial charge is 0.119 e. The number of allylic oxidation sites excluding steroid dienone is 6. The first-order chi connectivity index (χ1) is 7.90. The lowest BCUT2D eigenvalue weighted by atomic mass is 10.0. The summed E-state index contributed by atoms with van der Waals surface area (Å²) in [6.45, 7) is 2.71. The van der Waals surface area contributed by atoms with Crippen LogP contribution in [0.2, 0.25) is 0 Å². The van der Waals surface area contributed by atoms with Crippen molar-refractivity contribution in [2.24, 2.45) is 0 Å². The number of hydrogen-bond acceptors (Lipinski definition) is 1. The van der Waals surface area contributed by atoms with Crippen LogP contribution in [0.5, 0.6) is 5.75 Å². The van der Waals surface area contributed by atoms with E-state index < -0.39 is 0 Å². The van der Waals surface area contributed by atoms with E-state index in [4.69, 9.17) is 4.74 Å². The minimum absolute atomic E-state index is 0.711. The molecule has 0 aliphatic heterocycles. The summed E-state index contributed by atoms with van der Waals surface area (Å²) in [6, 6.07) is 8.26. The van der Waals surface area contributed by atoms with E-state index in [2.05, 4.69) is 42.5 Å². The molecular formula is C15H16O. The lowest BCUT2D eigenvalue weighted by Gasteiger charge is -2.07. The van der Waals surface area contributed by atoms with E-state index in [0.29, 0.717) is 6.61 Å². The summed E-state index contributed by atoms with van der Waals surface area (Å²) in [7, 11) is 0. The van der Waals surface area contributed by atoms with Crippen molar-refractivity contribution in [1.82, 2.24) is 0 Å². The Bertz CT molecular complexity index is 439. The summed E-state index contributed by atoms with van der Waals surface area (Å²) in [6.07, 6.45) is 11.5. The van der Waals surface area contributed by atoms with Crippen LogP contribution < -0.4 is 4.74 Å². The third-order valence-corrected chi connectivity index (χ3v) is 2.51. The molecule has 0 heterocycles. The van der Waals surface area contributed by atoms with Crippen LogP contribution in [0.4, 0.5) is 0 Å². The first kappa shape index (κ1) is 10.7. The van der Waals surface area contributed by atoms with Gasteiger partial charge < -0.3 is 4.74 Å². The Hall–Kier alpha value is -1.76. The molecule has 1 aromatic rings. The second-order valence-electron chi connectivity index (χ2n) is 3.67. The second-order valence-corrected chi connectivity index (χ2v) is 3.67. The number of hydrogen-bond donors (Lipinski definition) is 0. The monoisotopic (exact) mass is 212 g/mol. The molecule has 1 nitrogen and oxygen atoms in total. The van der Waals surface area contributed by atoms with Crippen molar-refractivity contribution in [3.63, 3.8) is 0 Å². The quantitative estimate of drug-likeness (QED) is 0.736. The molecule has 0 amide bonds. The average Bonchev–Trinajstić information content (AvgIpc) is 2.58. The average molecular weight is 212 g/mol. The van der Waals surface area contributed by atoms with Gasteiger partial charge in [-0.05, 0) is 36.6 Å². The molecule has 1 aliphatic rings. The van der Waals surface area contributed by atoms with Crippen molar-refractivity contribution in [2.45, 2.75) is 13.3 Å². The molecule has 1 aromatic carbocycles. The Balaban J connectivity index is 2.26. The molecule has 0 saturated heterocycles. The normalized spacial score (nSPS) is 14.4. The number of rotatable bonds is 3. The lowest BCUT2D eigenvalue weighted by Crippen LogP contribution is -1.92. The summed E-state index contributed by atoms with van der Waals surface area (Å²) in [5, 5.41) is 0. The minimum Gasteiger partial charge on any atom is -0.494 e. The molecular weight excluding hydrogens is 196 g/mol. The summed E-state index contributed by atoms with van der Waals surface area (Å²) in [4.78, 5) is 0. The molecule has 0 unspecified atom stereocenters. The van der Waals surface area contributed by atoms with E-state index in [1.807, 2.05) is 19.1 Å². The van der Waals surface area contributed by atoms with Gasteiger partial charge in [-0.1, -0.05) is 42.5 Å². The fourth-order valence-corrected chi connectivity index (χ4v) is 1.74. The van der Waals surface area contributed by atoms with E-state index in [1.165, 1.54) is 11.1 Å². The minimum atomic E-state index is 0.711. The molecule has 16 heavy (non-hydrogen) atoms. The van der Waals surface area contributed by atoms with Gasteiger partial charge in [-0.3, -0.25) is 0 Å². The predicted octanol–water partition coefficient (Wildman–Crippen LogP) is 3.98. The predicted molar refractivity (Wildman–Crippen MR) is 68.5 cm³/mol. The first-order valence-corrected chi connectivity index (χ1v) is 5.66. The largest absolute Gasteiger partial charge is 0.494 e. The molecule has 0 aromatic heterocycles. The van der Waals surface area contributed by atoms with Crippen molar-refractivity contribution in [2.75, 3.05) is 6.61 Å². The lowest BCUT2D eigenvalue weighted by molar-refractivity contribution is 0.340. The Morgan fingerprint density at radius 1 is 1.19 bits per heavy atom. The van der Waals surface area contributed by atoms with Gasteiger partial charge in [0.2, 0.25) is 0 Å². The Labute approximate surface area is 96.8 Å². The molecule has 0 bridgehead atoms. The zero-order chi connectivity index (χ0) is 11.2. The zero-order valence-corrected chi connectivity index (χ0v) is 9.52. The summed E-state index contributed by atoms with van der Waals surface area (Å²) in [5.41, 5.74) is 2.56. The molecule has 1 heteroatoms. The van der Waals surface area contributed by atoms with Crippen LogP contribution in [0.3, 0.4) is 0 Å². The van der Waals surface area contributed by atoms with E-state index in [-0.39, 0.29) is 0 Å². The Morgan fingerprint density at radius 3 is 3.00 bits per heavy atom. The fraction of sp³-hybridized carbons (Fsp3) is 0.200. The topological polar surface area (TPSA) is 9.23 Å². The maximum Gasteiger partial charge on any atom is 0.119 e. The molecule has 0 fully saturated rings. The summed E-state index contributed by atoms with van der Waals surface area (Å²) < 4.78 is 5.51. The van der Waals surface area contributed by atoms with Gasteiger partial charge in [0.05, 0.1) is 6.61 Å². The van der Waals surface area contributed by atoms with Gasteiger partial charge in [0, 0.05) is 0 Å². The molecule has 0 spiro atoms. The van der Waals surface area contributed by atoms with Gasteiger partial charge in [0.25, 0.3) is 0 Å². The van der Waals surface area contributed by atoms with Crippen LogP contribution in [0.15, 0.2) is 54.6 Å². The SMILES string of the molecule is CCOc1cccc(C2=CC=CC=CC2)c1. The highest BCUT2D eigenvalue weighted by molar-refractivity contribution is 5.69. The van der Waals surface area contributed by atoms with Gasteiger partial charge in [0.1, 0.15) is 5.75 Å². The third kappa shape index (κ3) is 2.63. The van der Waals surface area contributed by atoms with Gasteiger partial charge in [0.15, 0.2) is 0 Å². The first-order valence-electron chi connectivity index (χ1n) is 5.66. The highest BCUT2D eigenvalue weighted by Crippen LogP contribution is 2.24. The van der Waals surface area contributed by atoms with Crippen molar-refractivity contribution in [1.29, 1.82) is 0 Å². The molecule has 2 rings (SSSR count). The summed E-state index contributed by atoms with van der Waals surface area (Å²) >= 11 is 0. The number of benzene rings is 1. The van der Waals surface area contributed by atoms with Crippen molar-refractivity contribution < 1.29 is 4.74 Å². The van der Waals surface area contributed by atoms with Gasteiger partial charge in [-0.25, -0.2) is 0 Å². The third-order valence-electron chi connectivity index (χ3n) is 2.51. The van der Waals surface area contributed by atoms with Crippen LogP contribution >= 0.6 is 0 Å². The van der Waals surface area contributed by atoms with Gasteiger partial charge >= 0.3 is 0 Å². The van der Waals surface area contributed by atoms with Gasteiger partial charge in [-0.15, -0.1) is 0 Å². The maximum atomic E-state index is 5.51. The summed E-state index contributed by atoms with van der Waals surface area (Å²) in [5.74, 6) is 0.943. The molecule has 0 saturated carbocycles. The molecule has 0 radical (unpaired) electrons. The van der Waals surface area contributed by atoms with Crippen molar-refractivity contribution >= 4 is 5.57 Å². The maximum absolute atomic E-state index is 5.51. The number of ether oxygens (including phenoxy) is 1. The van der Waals surface area contributed by atoms with E-state index in [9.17, 15) is 0 Å². The molecule has 82 valence electrons.